The zero-order chi connectivity index (χ0) is 29.5. The van der Waals surface area contributed by atoms with Crippen molar-refractivity contribution in [2.75, 3.05) is 31.1 Å². The lowest BCUT2D eigenvalue weighted by Gasteiger charge is -2.36. The molecule has 2 aromatic carbocycles. The molecular formula is C33H35FN4O4. The highest BCUT2D eigenvalue weighted by Gasteiger charge is 2.27. The Kier molecular flexibility index (Phi) is 8.85. The molecule has 3 heterocycles. The van der Waals surface area contributed by atoms with Crippen LogP contribution >= 0.6 is 0 Å². The summed E-state index contributed by atoms with van der Waals surface area (Å²) in [5.74, 6) is 0.282. The van der Waals surface area contributed by atoms with Gasteiger partial charge in [0.25, 0.3) is 0 Å². The van der Waals surface area contributed by atoms with E-state index >= 15 is 4.39 Å². The molecule has 0 radical (unpaired) electrons. The second-order valence-corrected chi connectivity index (χ2v) is 11.0. The number of carbonyl (C=O) groups excluding carboxylic acids is 1. The van der Waals surface area contributed by atoms with E-state index in [0.29, 0.717) is 61.5 Å². The van der Waals surface area contributed by atoms with Crippen LogP contribution < -0.4 is 14.4 Å². The third-order valence-electron chi connectivity index (χ3n) is 6.66. The van der Waals surface area contributed by atoms with Gasteiger partial charge in [-0.05, 0) is 38.0 Å². The minimum absolute atomic E-state index is 0.283. The average Bonchev–Trinajstić information content (AvgIpc) is 2.99. The monoisotopic (exact) mass is 570 g/mol. The normalized spacial score (nSPS) is 13.5. The van der Waals surface area contributed by atoms with Crippen molar-refractivity contribution < 1.29 is 23.4 Å². The Labute approximate surface area is 245 Å². The molecule has 0 spiro atoms. The second-order valence-electron chi connectivity index (χ2n) is 11.0. The SMILES string of the molecule is CC(C)(C)OC(=O)N1CCN(c2cnc(-c3ccc(OCc4ccccc4)nc3OCc3ccccc3)cc2F)CC1. The van der Waals surface area contributed by atoms with Gasteiger partial charge in [0.1, 0.15) is 24.6 Å². The Hall–Kier alpha value is -4.66. The Morgan fingerprint density at radius 2 is 1.48 bits per heavy atom. The fourth-order valence-corrected chi connectivity index (χ4v) is 4.53. The highest BCUT2D eigenvalue weighted by Crippen LogP contribution is 2.32. The number of benzene rings is 2. The minimum Gasteiger partial charge on any atom is -0.473 e. The number of aromatic nitrogens is 2. The molecule has 8 nitrogen and oxygen atoms in total. The Morgan fingerprint density at radius 3 is 2.07 bits per heavy atom. The van der Waals surface area contributed by atoms with Crippen molar-refractivity contribution in [3.8, 4) is 23.0 Å². The Bertz CT molecular complexity index is 1490. The lowest BCUT2D eigenvalue weighted by atomic mass is 10.1. The summed E-state index contributed by atoms with van der Waals surface area (Å²) >= 11 is 0. The zero-order valence-corrected chi connectivity index (χ0v) is 24.1. The standard InChI is InChI=1S/C33H35FN4O4/c1-33(2,3)42-32(39)38-18-16-37(17-19-38)29-21-35-28(20-27(29)34)26-14-15-30(40-22-24-10-6-4-7-11-24)36-31(26)41-23-25-12-8-5-9-13-25/h4-15,20-21H,16-19,22-23H2,1-3H3. The molecule has 4 aromatic rings. The van der Waals surface area contributed by atoms with Gasteiger partial charge in [0.15, 0.2) is 0 Å². The van der Waals surface area contributed by atoms with E-state index < -0.39 is 11.4 Å². The van der Waals surface area contributed by atoms with E-state index in [-0.39, 0.29) is 12.7 Å². The minimum atomic E-state index is -0.565. The number of piperazine rings is 1. The number of anilines is 1. The van der Waals surface area contributed by atoms with Crippen molar-refractivity contribution in [1.29, 1.82) is 0 Å². The van der Waals surface area contributed by atoms with Crippen LogP contribution in [0.5, 0.6) is 11.8 Å². The summed E-state index contributed by atoms with van der Waals surface area (Å²) in [7, 11) is 0. The molecule has 218 valence electrons. The van der Waals surface area contributed by atoms with Crippen LogP contribution in [-0.2, 0) is 18.0 Å². The van der Waals surface area contributed by atoms with Gasteiger partial charge in [0.2, 0.25) is 11.8 Å². The molecule has 5 rings (SSSR count). The summed E-state index contributed by atoms with van der Waals surface area (Å²) in [4.78, 5) is 25.1. The summed E-state index contributed by atoms with van der Waals surface area (Å²) in [6, 6.07) is 24.5. The Morgan fingerprint density at radius 1 is 0.857 bits per heavy atom. The first-order valence-corrected chi connectivity index (χ1v) is 14.0. The van der Waals surface area contributed by atoms with Gasteiger partial charge < -0.3 is 24.0 Å². The number of hydrogen-bond donors (Lipinski definition) is 0. The van der Waals surface area contributed by atoms with Gasteiger partial charge in [-0.1, -0.05) is 60.7 Å². The van der Waals surface area contributed by atoms with Crippen molar-refractivity contribution in [2.45, 2.75) is 39.6 Å². The molecule has 2 aromatic heterocycles. The number of nitrogens with zero attached hydrogens (tertiary/aromatic N) is 4. The predicted molar refractivity (Wildman–Crippen MR) is 159 cm³/mol. The van der Waals surface area contributed by atoms with Crippen LogP contribution in [0.4, 0.5) is 14.9 Å². The molecule has 0 saturated carbocycles. The third-order valence-corrected chi connectivity index (χ3v) is 6.66. The number of amides is 1. The topological polar surface area (TPSA) is 77.0 Å². The first-order valence-electron chi connectivity index (χ1n) is 14.0. The van der Waals surface area contributed by atoms with Crippen LogP contribution in [0.1, 0.15) is 31.9 Å². The van der Waals surface area contributed by atoms with E-state index in [1.165, 1.54) is 12.3 Å². The maximum absolute atomic E-state index is 15.5. The lowest BCUT2D eigenvalue weighted by molar-refractivity contribution is 0.0240. The summed E-state index contributed by atoms with van der Waals surface area (Å²) in [5.41, 5.74) is 2.75. The maximum Gasteiger partial charge on any atom is 0.410 e. The maximum atomic E-state index is 15.5. The molecule has 0 bridgehead atoms. The predicted octanol–water partition coefficient (Wildman–Crippen LogP) is 6.50. The van der Waals surface area contributed by atoms with Gasteiger partial charge >= 0.3 is 6.09 Å². The van der Waals surface area contributed by atoms with E-state index in [2.05, 4.69) is 9.97 Å². The van der Waals surface area contributed by atoms with Gasteiger partial charge in [-0.25, -0.2) is 9.18 Å². The summed E-state index contributed by atoms with van der Waals surface area (Å²) in [5, 5.41) is 0. The Balaban J connectivity index is 1.32. The number of ether oxygens (including phenoxy) is 3. The van der Waals surface area contributed by atoms with Gasteiger partial charge in [-0.15, -0.1) is 0 Å². The van der Waals surface area contributed by atoms with Gasteiger partial charge in [-0.3, -0.25) is 4.98 Å². The summed E-state index contributed by atoms with van der Waals surface area (Å²) in [6.07, 6.45) is 1.16. The fourth-order valence-electron chi connectivity index (χ4n) is 4.53. The fraction of sp³-hybridized carbons (Fsp3) is 0.303. The van der Waals surface area contributed by atoms with Gasteiger partial charge in [0.05, 0.1) is 23.1 Å². The third kappa shape index (κ3) is 7.54. The molecule has 0 atom stereocenters. The molecule has 1 amide bonds. The quantitative estimate of drug-likeness (QED) is 0.239. The zero-order valence-electron chi connectivity index (χ0n) is 24.1. The van der Waals surface area contributed by atoms with E-state index in [4.69, 9.17) is 14.2 Å². The number of pyridine rings is 2. The summed E-state index contributed by atoms with van der Waals surface area (Å²) in [6.45, 7) is 7.95. The average molecular weight is 571 g/mol. The number of rotatable bonds is 8. The molecule has 0 aliphatic carbocycles. The van der Waals surface area contributed by atoms with Crippen LogP contribution in [0.2, 0.25) is 0 Å². The molecule has 1 saturated heterocycles. The van der Waals surface area contributed by atoms with Gasteiger partial charge in [-0.2, -0.15) is 4.98 Å². The molecular weight excluding hydrogens is 535 g/mol. The first-order chi connectivity index (χ1) is 20.2. The van der Waals surface area contributed by atoms with Crippen molar-refractivity contribution in [3.63, 3.8) is 0 Å². The van der Waals surface area contributed by atoms with Crippen LogP contribution in [0.15, 0.2) is 85.1 Å². The first kappa shape index (κ1) is 28.9. The van der Waals surface area contributed by atoms with Crippen molar-refractivity contribution >= 4 is 11.8 Å². The van der Waals surface area contributed by atoms with Crippen LogP contribution in [0.3, 0.4) is 0 Å². The largest absolute Gasteiger partial charge is 0.473 e. The number of halogens is 1. The highest BCUT2D eigenvalue weighted by atomic mass is 19.1. The highest BCUT2D eigenvalue weighted by molar-refractivity contribution is 5.69. The van der Waals surface area contributed by atoms with Gasteiger partial charge in [0, 0.05) is 38.3 Å². The van der Waals surface area contributed by atoms with E-state index in [9.17, 15) is 4.79 Å². The second kappa shape index (κ2) is 12.9. The van der Waals surface area contributed by atoms with E-state index in [1.807, 2.05) is 86.3 Å². The van der Waals surface area contributed by atoms with Crippen molar-refractivity contribution in [3.05, 3.63) is 102 Å². The molecule has 42 heavy (non-hydrogen) atoms. The smallest absolute Gasteiger partial charge is 0.410 e. The molecule has 1 fully saturated rings. The molecule has 0 N–H and O–H groups in total. The van der Waals surface area contributed by atoms with E-state index in [1.54, 1.807) is 17.0 Å². The van der Waals surface area contributed by atoms with E-state index in [0.717, 1.165) is 11.1 Å². The number of hydrogen-bond acceptors (Lipinski definition) is 7. The molecule has 9 heteroatoms. The molecule has 1 aliphatic rings. The summed E-state index contributed by atoms with van der Waals surface area (Å²) < 4.78 is 33.0. The van der Waals surface area contributed by atoms with Crippen molar-refractivity contribution in [2.24, 2.45) is 0 Å². The van der Waals surface area contributed by atoms with Crippen LogP contribution in [0, 0.1) is 5.82 Å². The lowest BCUT2D eigenvalue weighted by Crippen LogP contribution is -2.50. The van der Waals surface area contributed by atoms with Crippen LogP contribution in [0.25, 0.3) is 11.3 Å². The van der Waals surface area contributed by atoms with Crippen molar-refractivity contribution in [1.82, 2.24) is 14.9 Å². The number of carbonyl (C=O) groups is 1. The molecule has 1 aliphatic heterocycles. The van der Waals surface area contributed by atoms with Crippen LogP contribution in [-0.4, -0.2) is 52.7 Å². The molecule has 0 unspecified atom stereocenters.